The van der Waals surface area contributed by atoms with Crippen LogP contribution in [0.25, 0.3) is 0 Å². The van der Waals surface area contributed by atoms with Gasteiger partial charge in [-0.05, 0) is 44.5 Å². The molecule has 2 rings (SSSR count). The van der Waals surface area contributed by atoms with Gasteiger partial charge in [-0.3, -0.25) is 4.79 Å². The molecular formula is C16H23ClN2O3S. The van der Waals surface area contributed by atoms with Gasteiger partial charge in [0, 0.05) is 19.0 Å². The maximum Gasteiger partial charge on any atom is 0.225 e. The van der Waals surface area contributed by atoms with Crippen molar-refractivity contribution in [3.8, 4) is 0 Å². The summed E-state index contributed by atoms with van der Waals surface area (Å²) in [5, 5.41) is 3.39. The minimum Gasteiger partial charge on any atom is -0.325 e. The summed E-state index contributed by atoms with van der Waals surface area (Å²) in [4.78, 5) is 14.1. The Morgan fingerprint density at radius 2 is 2.09 bits per heavy atom. The fourth-order valence-electron chi connectivity index (χ4n) is 2.86. The van der Waals surface area contributed by atoms with Crippen LogP contribution in [-0.4, -0.2) is 50.4 Å². The van der Waals surface area contributed by atoms with Crippen molar-refractivity contribution in [3.63, 3.8) is 0 Å². The molecule has 1 aliphatic rings. The van der Waals surface area contributed by atoms with Crippen molar-refractivity contribution < 1.29 is 13.2 Å². The number of amides is 1. The van der Waals surface area contributed by atoms with Crippen LogP contribution < -0.4 is 5.32 Å². The SMILES string of the molecule is Cc1cc(C)c(NC(=O)CCN(C)C2CCS(=O)(=O)C2)c(Cl)c1. The molecule has 128 valence electrons. The summed E-state index contributed by atoms with van der Waals surface area (Å²) in [7, 11) is -1.04. The molecule has 0 aromatic heterocycles. The number of nitrogens with one attached hydrogen (secondary N) is 1. The van der Waals surface area contributed by atoms with Crippen LogP contribution in [0, 0.1) is 13.8 Å². The molecule has 0 saturated carbocycles. The van der Waals surface area contributed by atoms with Gasteiger partial charge in [0.2, 0.25) is 5.91 Å². The van der Waals surface area contributed by atoms with Crippen LogP contribution in [0.3, 0.4) is 0 Å². The number of halogens is 1. The predicted molar refractivity (Wildman–Crippen MR) is 93.9 cm³/mol. The zero-order valence-electron chi connectivity index (χ0n) is 13.7. The molecule has 1 saturated heterocycles. The Hall–Kier alpha value is -1.11. The Labute approximate surface area is 142 Å². The lowest BCUT2D eigenvalue weighted by molar-refractivity contribution is -0.116. The number of benzene rings is 1. The minimum absolute atomic E-state index is 0.0116. The van der Waals surface area contributed by atoms with E-state index in [1.807, 2.05) is 37.9 Å². The molecule has 1 heterocycles. The van der Waals surface area contributed by atoms with Crippen LogP contribution in [0.4, 0.5) is 5.69 Å². The maximum absolute atomic E-state index is 12.1. The first-order valence-corrected chi connectivity index (χ1v) is 9.85. The number of nitrogens with zero attached hydrogens (tertiary/aromatic N) is 1. The molecule has 1 N–H and O–H groups in total. The van der Waals surface area contributed by atoms with Crippen molar-refractivity contribution >= 4 is 33.0 Å². The van der Waals surface area contributed by atoms with Gasteiger partial charge in [-0.2, -0.15) is 0 Å². The van der Waals surface area contributed by atoms with Gasteiger partial charge in [0.15, 0.2) is 9.84 Å². The molecule has 1 aromatic carbocycles. The number of sulfone groups is 1. The fraction of sp³-hybridized carbons (Fsp3) is 0.562. The van der Waals surface area contributed by atoms with Gasteiger partial charge in [0.25, 0.3) is 0 Å². The zero-order chi connectivity index (χ0) is 17.2. The van der Waals surface area contributed by atoms with Crippen molar-refractivity contribution in [2.24, 2.45) is 0 Å². The Balaban J connectivity index is 1.89. The number of hydrogen-bond donors (Lipinski definition) is 1. The lowest BCUT2D eigenvalue weighted by Crippen LogP contribution is -2.35. The number of anilines is 1. The van der Waals surface area contributed by atoms with Crippen LogP contribution in [0.5, 0.6) is 0 Å². The van der Waals surface area contributed by atoms with E-state index in [0.717, 1.165) is 11.1 Å². The second kappa shape index (κ2) is 7.20. The summed E-state index contributed by atoms with van der Waals surface area (Å²) >= 11 is 6.18. The highest BCUT2D eigenvalue weighted by Crippen LogP contribution is 2.27. The van der Waals surface area contributed by atoms with E-state index in [2.05, 4.69) is 5.32 Å². The Bertz CT molecular complexity index is 680. The summed E-state index contributed by atoms with van der Waals surface area (Å²) in [6.45, 7) is 4.38. The van der Waals surface area contributed by atoms with E-state index in [0.29, 0.717) is 30.1 Å². The van der Waals surface area contributed by atoms with Crippen molar-refractivity contribution in [1.82, 2.24) is 4.90 Å². The van der Waals surface area contributed by atoms with E-state index in [4.69, 9.17) is 11.6 Å². The highest BCUT2D eigenvalue weighted by molar-refractivity contribution is 7.91. The third kappa shape index (κ3) is 4.93. The van der Waals surface area contributed by atoms with Crippen LogP contribution in [0.2, 0.25) is 5.02 Å². The van der Waals surface area contributed by atoms with E-state index in [1.165, 1.54) is 0 Å². The normalized spacial score (nSPS) is 20.0. The topological polar surface area (TPSA) is 66.5 Å². The molecule has 0 spiro atoms. The first kappa shape index (κ1) is 18.2. The molecule has 1 fully saturated rings. The molecule has 1 aromatic rings. The van der Waals surface area contributed by atoms with Crippen molar-refractivity contribution in [1.29, 1.82) is 0 Å². The molecule has 0 aliphatic carbocycles. The van der Waals surface area contributed by atoms with E-state index in [9.17, 15) is 13.2 Å². The lowest BCUT2D eigenvalue weighted by atomic mass is 10.1. The van der Waals surface area contributed by atoms with Gasteiger partial charge in [-0.1, -0.05) is 17.7 Å². The quantitative estimate of drug-likeness (QED) is 0.877. The van der Waals surface area contributed by atoms with Crippen LogP contribution in [-0.2, 0) is 14.6 Å². The maximum atomic E-state index is 12.1. The average Bonchev–Trinajstić information content (AvgIpc) is 2.80. The highest BCUT2D eigenvalue weighted by Gasteiger charge is 2.30. The Kier molecular flexibility index (Phi) is 5.70. The van der Waals surface area contributed by atoms with Crippen molar-refractivity contribution in [2.45, 2.75) is 32.7 Å². The van der Waals surface area contributed by atoms with E-state index < -0.39 is 9.84 Å². The summed E-state index contributed by atoms with van der Waals surface area (Å²) in [5.74, 6) is 0.312. The second-order valence-corrected chi connectivity index (χ2v) is 8.91. The lowest BCUT2D eigenvalue weighted by Gasteiger charge is -2.22. The van der Waals surface area contributed by atoms with E-state index in [-0.39, 0.29) is 23.5 Å². The zero-order valence-corrected chi connectivity index (χ0v) is 15.3. The number of carbonyl (C=O) groups is 1. The Morgan fingerprint density at radius 3 is 2.65 bits per heavy atom. The number of rotatable bonds is 5. The molecular weight excluding hydrogens is 336 g/mol. The molecule has 23 heavy (non-hydrogen) atoms. The molecule has 1 amide bonds. The van der Waals surface area contributed by atoms with Gasteiger partial charge in [-0.15, -0.1) is 0 Å². The summed E-state index contributed by atoms with van der Waals surface area (Å²) < 4.78 is 23.0. The van der Waals surface area contributed by atoms with Crippen molar-refractivity contribution in [3.05, 3.63) is 28.3 Å². The van der Waals surface area contributed by atoms with Crippen molar-refractivity contribution in [2.75, 3.05) is 30.4 Å². The van der Waals surface area contributed by atoms with E-state index >= 15 is 0 Å². The van der Waals surface area contributed by atoms with Gasteiger partial charge >= 0.3 is 0 Å². The molecule has 1 aliphatic heterocycles. The van der Waals surface area contributed by atoms with Gasteiger partial charge in [-0.25, -0.2) is 8.42 Å². The highest BCUT2D eigenvalue weighted by atomic mass is 35.5. The molecule has 0 bridgehead atoms. The standard InChI is InChI=1S/C16H23ClN2O3S/c1-11-8-12(2)16(14(17)9-11)18-15(20)4-6-19(3)13-5-7-23(21,22)10-13/h8-9,13H,4-7,10H2,1-3H3,(H,18,20). The first-order valence-electron chi connectivity index (χ1n) is 7.65. The largest absolute Gasteiger partial charge is 0.325 e. The summed E-state index contributed by atoms with van der Waals surface area (Å²) in [5.41, 5.74) is 2.62. The van der Waals surface area contributed by atoms with Gasteiger partial charge in [0.1, 0.15) is 0 Å². The number of hydrogen-bond acceptors (Lipinski definition) is 4. The van der Waals surface area contributed by atoms with Gasteiger partial charge in [0.05, 0.1) is 22.2 Å². The van der Waals surface area contributed by atoms with E-state index in [1.54, 1.807) is 0 Å². The third-order valence-corrected chi connectivity index (χ3v) is 6.27. The number of aryl methyl sites for hydroxylation is 2. The average molecular weight is 359 g/mol. The first-order chi connectivity index (χ1) is 10.7. The molecule has 1 unspecified atom stereocenters. The molecule has 0 radical (unpaired) electrons. The fourth-order valence-corrected chi connectivity index (χ4v) is 5.03. The van der Waals surface area contributed by atoms with Crippen LogP contribution in [0.15, 0.2) is 12.1 Å². The third-order valence-electron chi connectivity index (χ3n) is 4.22. The summed E-state index contributed by atoms with van der Waals surface area (Å²) in [6.07, 6.45) is 0.944. The summed E-state index contributed by atoms with van der Waals surface area (Å²) in [6, 6.07) is 3.80. The minimum atomic E-state index is -2.90. The molecule has 1 atom stereocenters. The monoisotopic (exact) mass is 358 g/mol. The molecule has 5 nitrogen and oxygen atoms in total. The Morgan fingerprint density at radius 1 is 1.39 bits per heavy atom. The van der Waals surface area contributed by atoms with Crippen LogP contribution >= 0.6 is 11.6 Å². The van der Waals surface area contributed by atoms with Gasteiger partial charge < -0.3 is 10.2 Å². The number of carbonyl (C=O) groups excluding carboxylic acids is 1. The smallest absolute Gasteiger partial charge is 0.225 e. The molecule has 7 heteroatoms. The second-order valence-electron chi connectivity index (χ2n) is 6.27. The van der Waals surface area contributed by atoms with Crippen LogP contribution in [0.1, 0.15) is 24.0 Å². The predicted octanol–water partition coefficient (Wildman–Crippen LogP) is 2.40.